The fourth-order valence-electron chi connectivity index (χ4n) is 3.43. The number of nitrogens with one attached hydrogen (secondary N) is 2. The summed E-state index contributed by atoms with van der Waals surface area (Å²) in [7, 11) is 0. The van der Waals surface area contributed by atoms with Crippen LogP contribution >= 0.6 is 11.6 Å². The number of carboxylic acid groups (broad SMARTS) is 1. The Morgan fingerprint density at radius 1 is 1.18 bits per heavy atom. The Labute approximate surface area is 196 Å². The van der Waals surface area contributed by atoms with Crippen LogP contribution < -0.4 is 10.1 Å². The fourth-order valence-corrected chi connectivity index (χ4v) is 3.62. The van der Waals surface area contributed by atoms with Crippen LogP contribution in [-0.2, 0) is 11.2 Å². The first-order chi connectivity index (χ1) is 15.7. The van der Waals surface area contributed by atoms with Crippen molar-refractivity contribution in [1.29, 1.82) is 0 Å². The number of benzene rings is 2. The van der Waals surface area contributed by atoms with E-state index in [1.807, 2.05) is 42.5 Å². The molecule has 0 fully saturated rings. The summed E-state index contributed by atoms with van der Waals surface area (Å²) in [4.78, 5) is 24.2. The van der Waals surface area contributed by atoms with Crippen LogP contribution in [0.15, 0.2) is 54.6 Å². The molecular weight excluding hydrogens is 446 g/mol. The van der Waals surface area contributed by atoms with Gasteiger partial charge in [0.2, 0.25) is 5.88 Å². The second-order valence-electron chi connectivity index (χ2n) is 7.92. The number of carbonyl (C=O) groups excluding carboxylic acids is 1. The number of nitrogens with zero attached hydrogens (tertiary/aromatic N) is 1. The number of hydrogen-bond donors (Lipinski definition) is 4. The number of halogens is 1. The topological polar surface area (TPSA) is 125 Å². The minimum atomic E-state index is -2.01. The van der Waals surface area contributed by atoms with Crippen LogP contribution in [-0.4, -0.2) is 50.5 Å². The molecule has 2 aromatic carbocycles. The lowest BCUT2D eigenvalue weighted by Gasteiger charge is -2.26. The third-order valence-corrected chi connectivity index (χ3v) is 5.36. The van der Waals surface area contributed by atoms with E-state index in [4.69, 9.17) is 16.3 Å². The van der Waals surface area contributed by atoms with Gasteiger partial charge in [-0.2, -0.15) is 0 Å². The number of carbonyl (C=O) groups is 2. The molecule has 0 bridgehead atoms. The summed E-state index contributed by atoms with van der Waals surface area (Å²) in [6, 6.07) is 16.0. The molecule has 9 heteroatoms. The zero-order valence-corrected chi connectivity index (χ0v) is 19.1. The summed E-state index contributed by atoms with van der Waals surface area (Å²) in [6.07, 6.45) is 0.133. The Balaban J connectivity index is 1.77. The van der Waals surface area contributed by atoms with Gasteiger partial charge in [-0.05, 0) is 49.1 Å². The van der Waals surface area contributed by atoms with E-state index in [9.17, 15) is 19.8 Å². The van der Waals surface area contributed by atoms with Crippen LogP contribution in [0.5, 0.6) is 5.88 Å². The Kier molecular flexibility index (Phi) is 7.73. The molecule has 0 spiro atoms. The third kappa shape index (κ3) is 6.57. The lowest BCUT2D eigenvalue weighted by Crippen LogP contribution is -2.46. The highest BCUT2D eigenvalue weighted by molar-refractivity contribution is 6.30. The minimum absolute atomic E-state index is 0.176. The van der Waals surface area contributed by atoms with E-state index in [1.165, 1.54) is 13.0 Å². The van der Waals surface area contributed by atoms with Crippen LogP contribution in [0.2, 0.25) is 5.02 Å². The maximum absolute atomic E-state index is 12.7. The lowest BCUT2D eigenvalue weighted by atomic mass is 9.92. The first kappa shape index (κ1) is 24.3. The molecular formula is C24H26ClN3O5. The first-order valence-electron chi connectivity index (χ1n) is 10.5. The van der Waals surface area contributed by atoms with Gasteiger partial charge in [-0.25, -0.2) is 4.79 Å². The summed E-state index contributed by atoms with van der Waals surface area (Å²) in [6.45, 7) is 3.41. The molecule has 0 radical (unpaired) electrons. The third-order valence-electron chi connectivity index (χ3n) is 5.13. The Morgan fingerprint density at radius 3 is 2.55 bits per heavy atom. The molecule has 0 aliphatic carbocycles. The first-order valence-corrected chi connectivity index (χ1v) is 10.9. The Morgan fingerprint density at radius 2 is 1.91 bits per heavy atom. The Hall–Kier alpha value is -3.36. The minimum Gasteiger partial charge on any atom is -0.479 e. The van der Waals surface area contributed by atoms with Gasteiger partial charge in [0.25, 0.3) is 5.91 Å². The van der Waals surface area contributed by atoms with E-state index in [2.05, 4.69) is 15.5 Å². The van der Waals surface area contributed by atoms with Gasteiger partial charge in [0, 0.05) is 23.6 Å². The molecule has 2 atom stereocenters. The standard InChI is InChI=1S/C24H26ClN3O5/c1-3-33-21-13-20(27-28-21)22(29)26-19(14-24(2,32)23(30)31)11-15-7-9-16(10-8-15)17-5-4-6-18(25)12-17/h4-10,12-13,19,32H,3,11,14H2,1-2H3,(H,26,29)(H,27,28)(H,30,31)/t19-,24+/m1/s1. The normalized spacial score (nSPS) is 13.7. The highest BCUT2D eigenvalue weighted by Crippen LogP contribution is 2.24. The van der Waals surface area contributed by atoms with Crippen LogP contribution in [0.1, 0.15) is 36.3 Å². The van der Waals surface area contributed by atoms with Crippen LogP contribution in [0, 0.1) is 0 Å². The van der Waals surface area contributed by atoms with Crippen LogP contribution in [0.25, 0.3) is 11.1 Å². The van der Waals surface area contributed by atoms with E-state index in [1.54, 1.807) is 13.0 Å². The summed E-state index contributed by atoms with van der Waals surface area (Å²) < 4.78 is 5.26. The van der Waals surface area contributed by atoms with Crippen molar-refractivity contribution in [2.75, 3.05) is 6.61 Å². The van der Waals surface area contributed by atoms with Gasteiger partial charge in [0.1, 0.15) is 5.69 Å². The fraction of sp³-hybridized carbons (Fsp3) is 0.292. The molecule has 3 aromatic rings. The maximum Gasteiger partial charge on any atom is 0.335 e. The number of amides is 1. The second-order valence-corrected chi connectivity index (χ2v) is 8.35. The van der Waals surface area contributed by atoms with Crippen LogP contribution in [0.3, 0.4) is 0 Å². The van der Waals surface area contributed by atoms with E-state index in [0.29, 0.717) is 18.1 Å². The largest absolute Gasteiger partial charge is 0.479 e. The van der Waals surface area contributed by atoms with Crippen LogP contribution in [0.4, 0.5) is 0 Å². The highest BCUT2D eigenvalue weighted by atomic mass is 35.5. The molecule has 4 N–H and O–H groups in total. The molecule has 1 aromatic heterocycles. The van der Waals surface area contributed by atoms with Crippen molar-refractivity contribution >= 4 is 23.5 Å². The van der Waals surface area contributed by atoms with E-state index >= 15 is 0 Å². The van der Waals surface area contributed by atoms with Gasteiger partial charge >= 0.3 is 5.97 Å². The number of aliphatic carboxylic acids is 1. The molecule has 1 heterocycles. The number of ether oxygens (including phenoxy) is 1. The zero-order chi connectivity index (χ0) is 24.0. The summed E-state index contributed by atoms with van der Waals surface area (Å²) in [5, 5.41) is 29.6. The van der Waals surface area contributed by atoms with Gasteiger partial charge in [-0.1, -0.05) is 48.0 Å². The highest BCUT2D eigenvalue weighted by Gasteiger charge is 2.34. The van der Waals surface area contributed by atoms with Crippen molar-refractivity contribution in [2.24, 2.45) is 0 Å². The summed E-state index contributed by atoms with van der Waals surface area (Å²) in [5.74, 6) is -1.55. The smallest absolute Gasteiger partial charge is 0.335 e. The molecule has 0 aliphatic rings. The molecule has 0 unspecified atom stereocenters. The zero-order valence-electron chi connectivity index (χ0n) is 18.3. The van der Waals surface area contributed by atoms with Crippen molar-refractivity contribution in [3.8, 4) is 17.0 Å². The number of carboxylic acids is 1. The molecule has 8 nitrogen and oxygen atoms in total. The maximum atomic E-state index is 12.7. The lowest BCUT2D eigenvalue weighted by molar-refractivity contribution is -0.157. The molecule has 1 amide bonds. The predicted molar refractivity (Wildman–Crippen MR) is 124 cm³/mol. The molecule has 3 rings (SSSR count). The molecule has 0 saturated carbocycles. The van der Waals surface area contributed by atoms with Gasteiger partial charge < -0.3 is 20.3 Å². The summed E-state index contributed by atoms with van der Waals surface area (Å²) in [5.41, 5.74) is 0.974. The second kappa shape index (κ2) is 10.5. The number of H-pyrrole nitrogens is 1. The van der Waals surface area contributed by atoms with Gasteiger partial charge in [0.05, 0.1) is 6.61 Å². The number of rotatable bonds is 10. The number of hydrogen-bond acceptors (Lipinski definition) is 5. The number of aliphatic hydroxyl groups is 1. The van der Waals surface area contributed by atoms with Crippen molar-refractivity contribution in [1.82, 2.24) is 15.5 Å². The number of aromatic amines is 1. The molecule has 174 valence electrons. The van der Waals surface area contributed by atoms with E-state index < -0.39 is 23.5 Å². The average Bonchev–Trinajstić information content (AvgIpc) is 3.23. The van der Waals surface area contributed by atoms with E-state index in [0.717, 1.165) is 16.7 Å². The molecule has 0 saturated heterocycles. The van der Waals surface area contributed by atoms with Gasteiger partial charge in [0.15, 0.2) is 5.60 Å². The molecule has 33 heavy (non-hydrogen) atoms. The Bertz CT molecular complexity index is 1110. The quantitative estimate of drug-likeness (QED) is 0.357. The van der Waals surface area contributed by atoms with Crippen molar-refractivity contribution in [3.05, 3.63) is 70.9 Å². The molecule has 0 aliphatic heterocycles. The SMILES string of the molecule is CCOc1cc(C(=O)N[C@H](Cc2ccc(-c3cccc(Cl)c3)cc2)C[C@](C)(O)C(=O)O)[nH]n1. The van der Waals surface area contributed by atoms with E-state index in [-0.39, 0.29) is 18.0 Å². The van der Waals surface area contributed by atoms with Gasteiger partial charge in [-0.3, -0.25) is 9.89 Å². The number of aromatic nitrogens is 2. The van der Waals surface area contributed by atoms with Crippen molar-refractivity contribution < 1.29 is 24.5 Å². The van der Waals surface area contributed by atoms with Gasteiger partial charge in [-0.15, -0.1) is 5.10 Å². The van der Waals surface area contributed by atoms with Crippen molar-refractivity contribution in [3.63, 3.8) is 0 Å². The predicted octanol–water partition coefficient (Wildman–Crippen LogP) is 3.70. The van der Waals surface area contributed by atoms with Crippen molar-refractivity contribution in [2.45, 2.75) is 38.3 Å². The summed E-state index contributed by atoms with van der Waals surface area (Å²) >= 11 is 6.07. The monoisotopic (exact) mass is 471 g/mol. The average molecular weight is 472 g/mol.